The fourth-order valence-electron chi connectivity index (χ4n) is 2.60. The molecule has 26 heavy (non-hydrogen) atoms. The van der Waals surface area contributed by atoms with Crippen LogP contribution in [0.15, 0.2) is 66.9 Å². The number of carbonyl (C=O) groups is 1. The minimum Gasteiger partial charge on any atom is -0.289 e. The molecule has 0 aliphatic heterocycles. The molecule has 0 radical (unpaired) electrons. The second kappa shape index (κ2) is 6.78. The highest BCUT2D eigenvalue weighted by atomic mass is 35.5. The summed E-state index contributed by atoms with van der Waals surface area (Å²) in [7, 11) is 0. The maximum absolute atomic E-state index is 12.4. The van der Waals surface area contributed by atoms with E-state index in [1.807, 2.05) is 42.5 Å². The Balaban J connectivity index is 1.62. The first-order valence-corrected chi connectivity index (χ1v) is 8.53. The summed E-state index contributed by atoms with van der Waals surface area (Å²) in [5.74, 6) is -0.176. The molecule has 0 saturated carbocycles. The minimum atomic E-state index is -0.381. The summed E-state index contributed by atoms with van der Waals surface area (Å²) in [6.07, 6.45) is 1.80. The van der Waals surface area contributed by atoms with Crippen molar-refractivity contribution in [2.75, 3.05) is 5.32 Å². The SMILES string of the molecule is O=C(Nc1nc2cc(-c3ccccc3)ccn2n1)c1cc(Cl)cc(Cl)c1. The second-order valence-corrected chi connectivity index (χ2v) is 6.50. The van der Waals surface area contributed by atoms with Crippen LogP contribution >= 0.6 is 23.2 Å². The number of carbonyl (C=O) groups excluding carboxylic acids is 1. The fourth-order valence-corrected chi connectivity index (χ4v) is 3.13. The van der Waals surface area contributed by atoms with Crippen LogP contribution in [-0.2, 0) is 0 Å². The number of nitrogens with one attached hydrogen (secondary N) is 1. The van der Waals surface area contributed by atoms with Crippen LogP contribution in [0, 0.1) is 0 Å². The van der Waals surface area contributed by atoms with Crippen LogP contribution in [0.2, 0.25) is 10.0 Å². The van der Waals surface area contributed by atoms with Gasteiger partial charge < -0.3 is 0 Å². The van der Waals surface area contributed by atoms with E-state index in [9.17, 15) is 4.79 Å². The van der Waals surface area contributed by atoms with Crippen molar-refractivity contribution in [1.82, 2.24) is 14.6 Å². The molecule has 7 heteroatoms. The minimum absolute atomic E-state index is 0.205. The monoisotopic (exact) mass is 382 g/mol. The molecule has 0 aliphatic carbocycles. The van der Waals surface area contributed by atoms with Crippen molar-refractivity contribution in [3.8, 4) is 11.1 Å². The summed E-state index contributed by atoms with van der Waals surface area (Å²) in [6, 6.07) is 18.5. The molecule has 2 heterocycles. The van der Waals surface area contributed by atoms with Crippen molar-refractivity contribution >= 4 is 40.7 Å². The molecule has 0 aliphatic rings. The van der Waals surface area contributed by atoms with Crippen molar-refractivity contribution < 1.29 is 4.79 Å². The van der Waals surface area contributed by atoms with Crippen LogP contribution in [0.5, 0.6) is 0 Å². The fraction of sp³-hybridized carbons (Fsp3) is 0. The number of hydrogen-bond donors (Lipinski definition) is 1. The number of benzene rings is 2. The molecule has 1 N–H and O–H groups in total. The third-order valence-corrected chi connectivity index (χ3v) is 4.23. The van der Waals surface area contributed by atoms with Gasteiger partial charge in [0.25, 0.3) is 5.91 Å². The molecule has 0 spiro atoms. The van der Waals surface area contributed by atoms with E-state index in [1.165, 1.54) is 12.1 Å². The van der Waals surface area contributed by atoms with Crippen LogP contribution in [0.25, 0.3) is 16.8 Å². The normalized spacial score (nSPS) is 10.8. The molecular formula is C19H12Cl2N4O. The quantitative estimate of drug-likeness (QED) is 0.544. The summed E-state index contributed by atoms with van der Waals surface area (Å²) in [6.45, 7) is 0. The maximum atomic E-state index is 12.4. The van der Waals surface area contributed by atoms with Gasteiger partial charge in [-0.1, -0.05) is 53.5 Å². The standard InChI is InChI=1S/C19H12Cl2N4O/c20-15-8-14(9-16(21)11-15)18(26)23-19-22-17-10-13(6-7-25(17)24-19)12-4-2-1-3-5-12/h1-11H,(H,23,24,26). The third-order valence-electron chi connectivity index (χ3n) is 3.79. The summed E-state index contributed by atoms with van der Waals surface area (Å²) in [5, 5.41) is 7.70. The van der Waals surface area contributed by atoms with E-state index in [2.05, 4.69) is 15.4 Å². The number of rotatable bonds is 3. The first-order valence-electron chi connectivity index (χ1n) is 7.78. The smallest absolute Gasteiger partial charge is 0.258 e. The van der Waals surface area contributed by atoms with Gasteiger partial charge in [0.2, 0.25) is 5.95 Å². The zero-order valence-corrected chi connectivity index (χ0v) is 14.9. The van der Waals surface area contributed by atoms with E-state index in [0.717, 1.165) is 11.1 Å². The van der Waals surface area contributed by atoms with Crippen molar-refractivity contribution in [1.29, 1.82) is 0 Å². The lowest BCUT2D eigenvalue weighted by Crippen LogP contribution is -2.13. The molecule has 0 unspecified atom stereocenters. The number of halogens is 2. The van der Waals surface area contributed by atoms with E-state index >= 15 is 0 Å². The van der Waals surface area contributed by atoms with Crippen LogP contribution in [0.1, 0.15) is 10.4 Å². The van der Waals surface area contributed by atoms with Gasteiger partial charge in [0.15, 0.2) is 5.65 Å². The molecule has 0 atom stereocenters. The largest absolute Gasteiger partial charge is 0.289 e. The Morgan fingerprint density at radius 1 is 0.923 bits per heavy atom. The Kier molecular flexibility index (Phi) is 4.32. The molecular weight excluding hydrogens is 371 g/mol. The molecule has 128 valence electrons. The summed E-state index contributed by atoms with van der Waals surface area (Å²) >= 11 is 11.9. The lowest BCUT2D eigenvalue weighted by molar-refractivity contribution is 0.102. The van der Waals surface area contributed by atoms with E-state index in [0.29, 0.717) is 21.3 Å². The lowest BCUT2D eigenvalue weighted by Gasteiger charge is -2.02. The molecule has 0 bridgehead atoms. The third kappa shape index (κ3) is 3.40. The highest BCUT2D eigenvalue weighted by Gasteiger charge is 2.12. The number of anilines is 1. The topological polar surface area (TPSA) is 59.3 Å². The van der Waals surface area contributed by atoms with Gasteiger partial charge in [-0.25, -0.2) is 4.52 Å². The molecule has 4 rings (SSSR count). The van der Waals surface area contributed by atoms with E-state index in [4.69, 9.17) is 23.2 Å². The average molecular weight is 383 g/mol. The first-order chi connectivity index (χ1) is 12.6. The molecule has 0 fully saturated rings. The highest BCUT2D eigenvalue weighted by molar-refractivity contribution is 6.35. The Morgan fingerprint density at radius 2 is 1.65 bits per heavy atom. The molecule has 2 aromatic carbocycles. The van der Waals surface area contributed by atoms with Crippen LogP contribution in [-0.4, -0.2) is 20.5 Å². The average Bonchev–Trinajstić information content (AvgIpc) is 3.03. The van der Waals surface area contributed by atoms with Gasteiger partial charge in [-0.2, -0.15) is 4.98 Å². The van der Waals surface area contributed by atoms with Crippen molar-refractivity contribution in [3.63, 3.8) is 0 Å². The van der Waals surface area contributed by atoms with Gasteiger partial charge in [-0.05, 0) is 41.5 Å². The lowest BCUT2D eigenvalue weighted by atomic mass is 10.1. The predicted molar refractivity (Wildman–Crippen MR) is 103 cm³/mol. The number of pyridine rings is 1. The summed E-state index contributed by atoms with van der Waals surface area (Å²) in [5.41, 5.74) is 3.07. The van der Waals surface area contributed by atoms with E-state index < -0.39 is 0 Å². The zero-order valence-electron chi connectivity index (χ0n) is 13.4. The molecule has 1 amide bonds. The van der Waals surface area contributed by atoms with Gasteiger partial charge in [-0.15, -0.1) is 5.10 Å². The summed E-state index contributed by atoms with van der Waals surface area (Å²) < 4.78 is 1.60. The van der Waals surface area contributed by atoms with Gasteiger partial charge >= 0.3 is 0 Å². The van der Waals surface area contributed by atoms with Crippen LogP contribution in [0.4, 0.5) is 5.95 Å². The van der Waals surface area contributed by atoms with Gasteiger partial charge in [0.05, 0.1) is 0 Å². The Bertz CT molecular complexity index is 1090. The number of hydrogen-bond acceptors (Lipinski definition) is 3. The second-order valence-electron chi connectivity index (χ2n) is 5.63. The number of nitrogens with zero attached hydrogens (tertiary/aromatic N) is 3. The van der Waals surface area contributed by atoms with Crippen molar-refractivity contribution in [2.24, 2.45) is 0 Å². The summed E-state index contributed by atoms with van der Waals surface area (Å²) in [4.78, 5) is 16.7. The molecule has 2 aromatic heterocycles. The number of amides is 1. The molecule has 5 nitrogen and oxygen atoms in total. The molecule has 4 aromatic rings. The van der Waals surface area contributed by atoms with Gasteiger partial charge in [0.1, 0.15) is 0 Å². The first kappa shape index (κ1) is 16.6. The van der Waals surface area contributed by atoms with Crippen LogP contribution < -0.4 is 5.32 Å². The number of fused-ring (bicyclic) bond motifs is 1. The van der Waals surface area contributed by atoms with Gasteiger partial charge in [-0.3, -0.25) is 10.1 Å². The highest BCUT2D eigenvalue weighted by Crippen LogP contribution is 2.22. The Hall–Kier alpha value is -2.89. The van der Waals surface area contributed by atoms with Gasteiger partial charge in [0, 0.05) is 21.8 Å². The Labute approximate surface area is 159 Å². The molecule has 0 saturated heterocycles. The van der Waals surface area contributed by atoms with Crippen molar-refractivity contribution in [3.05, 3.63) is 82.5 Å². The zero-order chi connectivity index (χ0) is 18.1. The van der Waals surface area contributed by atoms with Crippen LogP contribution in [0.3, 0.4) is 0 Å². The maximum Gasteiger partial charge on any atom is 0.258 e. The number of aromatic nitrogens is 3. The Morgan fingerprint density at radius 3 is 2.38 bits per heavy atom. The van der Waals surface area contributed by atoms with E-state index in [1.54, 1.807) is 16.8 Å². The van der Waals surface area contributed by atoms with Crippen molar-refractivity contribution in [2.45, 2.75) is 0 Å². The van der Waals surface area contributed by atoms with E-state index in [-0.39, 0.29) is 11.9 Å². The predicted octanol–water partition coefficient (Wildman–Crippen LogP) is 4.96.